The molecule has 7 nitrogen and oxygen atoms in total. The van der Waals surface area contributed by atoms with E-state index < -0.39 is 0 Å². The van der Waals surface area contributed by atoms with Gasteiger partial charge in [0.05, 0.1) is 23.1 Å². The monoisotopic (exact) mass is 452 g/mol. The molecule has 4 rings (SSSR count). The summed E-state index contributed by atoms with van der Waals surface area (Å²) in [6, 6.07) is 12.7. The molecule has 0 bridgehead atoms. The van der Waals surface area contributed by atoms with Crippen LogP contribution in [0, 0.1) is 6.92 Å². The number of nitrogens with one attached hydrogen (secondary N) is 2. The molecule has 8 heteroatoms. The quantitative estimate of drug-likeness (QED) is 0.527. The zero-order valence-corrected chi connectivity index (χ0v) is 18.8. The van der Waals surface area contributed by atoms with Crippen LogP contribution in [0.15, 0.2) is 48.7 Å². The Hall–Kier alpha value is -3.32. The summed E-state index contributed by atoms with van der Waals surface area (Å²) in [4.78, 5) is 24.7. The van der Waals surface area contributed by atoms with Gasteiger partial charge in [0.25, 0.3) is 11.8 Å². The summed E-state index contributed by atoms with van der Waals surface area (Å²) >= 11 is 6.31. The average molecular weight is 453 g/mol. The van der Waals surface area contributed by atoms with Gasteiger partial charge in [-0.3, -0.25) is 9.59 Å². The van der Waals surface area contributed by atoms with E-state index in [0.29, 0.717) is 34.5 Å². The van der Waals surface area contributed by atoms with Gasteiger partial charge in [-0.05, 0) is 56.5 Å². The van der Waals surface area contributed by atoms with Crippen LogP contribution < -0.4 is 15.4 Å². The molecule has 1 heterocycles. The van der Waals surface area contributed by atoms with E-state index in [1.54, 1.807) is 30.5 Å². The van der Waals surface area contributed by atoms with Gasteiger partial charge in [0.1, 0.15) is 5.75 Å². The van der Waals surface area contributed by atoms with E-state index in [9.17, 15) is 9.59 Å². The number of aryl methyl sites for hydroxylation is 1. The number of carbonyl (C=O) groups excluding carboxylic acids is 2. The first kappa shape index (κ1) is 21.9. The lowest BCUT2D eigenvalue weighted by Gasteiger charge is -2.11. The zero-order chi connectivity index (χ0) is 22.7. The summed E-state index contributed by atoms with van der Waals surface area (Å²) < 4.78 is 7.32. The van der Waals surface area contributed by atoms with E-state index in [-0.39, 0.29) is 18.4 Å². The number of halogens is 1. The van der Waals surface area contributed by atoms with Crippen molar-refractivity contribution < 1.29 is 14.3 Å². The Labute approximate surface area is 191 Å². The van der Waals surface area contributed by atoms with Gasteiger partial charge >= 0.3 is 0 Å². The normalized spacial score (nSPS) is 13.0. The molecule has 3 aromatic rings. The minimum Gasteiger partial charge on any atom is -0.484 e. The van der Waals surface area contributed by atoms with Crippen LogP contribution in [0.4, 0.5) is 5.69 Å². The van der Waals surface area contributed by atoms with E-state index in [2.05, 4.69) is 15.7 Å². The number of rotatable bonds is 8. The average Bonchev–Trinajstić information content (AvgIpc) is 3.52. The summed E-state index contributed by atoms with van der Waals surface area (Å²) in [7, 11) is 0. The number of anilines is 1. The largest absolute Gasteiger partial charge is 0.484 e. The summed E-state index contributed by atoms with van der Waals surface area (Å²) in [5.74, 6) is 0.364. The van der Waals surface area contributed by atoms with Gasteiger partial charge in [-0.2, -0.15) is 5.10 Å². The van der Waals surface area contributed by atoms with Crippen LogP contribution in [-0.2, 0) is 4.79 Å². The molecular formula is C24H25ClN4O3. The fourth-order valence-corrected chi connectivity index (χ4v) is 3.64. The van der Waals surface area contributed by atoms with E-state index in [0.717, 1.165) is 29.8 Å². The molecule has 2 aromatic carbocycles. The summed E-state index contributed by atoms with van der Waals surface area (Å²) in [6.07, 6.45) is 3.65. The maximum atomic E-state index is 13.1. The van der Waals surface area contributed by atoms with Gasteiger partial charge in [0, 0.05) is 29.2 Å². The topological polar surface area (TPSA) is 85.2 Å². The highest BCUT2D eigenvalue weighted by molar-refractivity contribution is 6.31. The molecular weight excluding hydrogens is 428 g/mol. The number of ether oxygens (including phenoxy) is 1. The highest BCUT2D eigenvalue weighted by Gasteiger charge is 2.33. The number of carbonyl (C=O) groups is 2. The molecule has 1 saturated carbocycles. The third kappa shape index (κ3) is 4.94. The molecule has 0 radical (unpaired) electrons. The van der Waals surface area contributed by atoms with Crippen LogP contribution in [0.2, 0.25) is 5.02 Å². The summed E-state index contributed by atoms with van der Waals surface area (Å²) in [5.41, 5.74) is 3.84. The first-order chi connectivity index (χ1) is 15.5. The van der Waals surface area contributed by atoms with Crippen molar-refractivity contribution >= 4 is 29.1 Å². The third-order valence-electron chi connectivity index (χ3n) is 5.25. The van der Waals surface area contributed by atoms with Gasteiger partial charge in [-0.1, -0.05) is 23.7 Å². The van der Waals surface area contributed by atoms with Crippen LogP contribution in [0.25, 0.3) is 5.69 Å². The summed E-state index contributed by atoms with van der Waals surface area (Å²) in [5, 5.41) is 10.8. The van der Waals surface area contributed by atoms with Crippen molar-refractivity contribution in [2.24, 2.45) is 0 Å². The number of aromatic nitrogens is 2. The van der Waals surface area contributed by atoms with E-state index in [4.69, 9.17) is 16.3 Å². The molecule has 0 atom stereocenters. The standard InChI is InChI=1S/C24H25ClN4O3/c1-3-26-22(30)14-32-19-6-4-5-17(11-19)28-24(31)20-13-27-29(23(20)16-8-9-16)18-10-7-15(2)21(25)12-18/h4-7,10-13,16H,3,8-9,14H2,1-2H3,(H,26,30)(H,28,31). The highest BCUT2D eigenvalue weighted by atomic mass is 35.5. The van der Waals surface area contributed by atoms with Gasteiger partial charge in [0.15, 0.2) is 6.61 Å². The Morgan fingerprint density at radius 1 is 1.22 bits per heavy atom. The lowest BCUT2D eigenvalue weighted by atomic mass is 10.1. The van der Waals surface area contributed by atoms with E-state index >= 15 is 0 Å². The lowest BCUT2D eigenvalue weighted by Crippen LogP contribution is -2.28. The van der Waals surface area contributed by atoms with Crippen molar-refractivity contribution in [3.05, 3.63) is 70.5 Å². The predicted molar refractivity (Wildman–Crippen MR) is 124 cm³/mol. The molecule has 1 aliphatic carbocycles. The Morgan fingerprint density at radius 3 is 2.75 bits per heavy atom. The third-order valence-corrected chi connectivity index (χ3v) is 5.66. The van der Waals surface area contributed by atoms with Crippen LogP contribution in [0.5, 0.6) is 5.75 Å². The highest BCUT2D eigenvalue weighted by Crippen LogP contribution is 2.42. The second-order valence-corrected chi connectivity index (χ2v) is 8.19. The van der Waals surface area contributed by atoms with Gasteiger partial charge in [0.2, 0.25) is 0 Å². The van der Waals surface area contributed by atoms with Crippen molar-refractivity contribution in [3.63, 3.8) is 0 Å². The smallest absolute Gasteiger partial charge is 0.259 e. The van der Waals surface area contributed by atoms with Crippen molar-refractivity contribution in [2.45, 2.75) is 32.6 Å². The van der Waals surface area contributed by atoms with Crippen LogP contribution in [-0.4, -0.2) is 34.7 Å². The van der Waals surface area contributed by atoms with Crippen molar-refractivity contribution in [2.75, 3.05) is 18.5 Å². The number of amides is 2. The number of likely N-dealkylation sites (N-methyl/N-ethyl adjacent to an activating group) is 1. The minimum absolute atomic E-state index is 0.0804. The Bertz CT molecular complexity index is 1150. The van der Waals surface area contributed by atoms with Crippen molar-refractivity contribution in [3.8, 4) is 11.4 Å². The maximum absolute atomic E-state index is 13.1. The van der Waals surface area contributed by atoms with E-state index in [1.165, 1.54) is 0 Å². The van der Waals surface area contributed by atoms with Crippen LogP contribution in [0.3, 0.4) is 0 Å². The second-order valence-electron chi connectivity index (χ2n) is 7.79. The fraction of sp³-hybridized carbons (Fsp3) is 0.292. The molecule has 0 aliphatic heterocycles. The van der Waals surface area contributed by atoms with Crippen molar-refractivity contribution in [1.82, 2.24) is 15.1 Å². The van der Waals surface area contributed by atoms with Crippen LogP contribution >= 0.6 is 11.6 Å². The first-order valence-corrected chi connectivity index (χ1v) is 11.0. The minimum atomic E-state index is -0.239. The number of hydrogen-bond donors (Lipinski definition) is 2. The fourth-order valence-electron chi connectivity index (χ4n) is 3.46. The molecule has 0 spiro atoms. The van der Waals surface area contributed by atoms with E-state index in [1.807, 2.05) is 36.7 Å². The molecule has 1 aliphatic rings. The number of benzene rings is 2. The molecule has 1 fully saturated rings. The Morgan fingerprint density at radius 2 is 2.03 bits per heavy atom. The molecule has 1 aromatic heterocycles. The first-order valence-electron chi connectivity index (χ1n) is 10.6. The Balaban J connectivity index is 1.53. The lowest BCUT2D eigenvalue weighted by molar-refractivity contribution is -0.122. The molecule has 166 valence electrons. The van der Waals surface area contributed by atoms with Gasteiger partial charge in [-0.15, -0.1) is 0 Å². The second kappa shape index (κ2) is 9.44. The molecule has 0 saturated heterocycles. The number of hydrogen-bond acceptors (Lipinski definition) is 4. The molecule has 32 heavy (non-hydrogen) atoms. The van der Waals surface area contributed by atoms with Gasteiger partial charge < -0.3 is 15.4 Å². The van der Waals surface area contributed by atoms with Crippen molar-refractivity contribution in [1.29, 1.82) is 0 Å². The predicted octanol–water partition coefficient (Wildman–Crippen LogP) is 4.48. The summed E-state index contributed by atoms with van der Waals surface area (Å²) in [6.45, 7) is 4.26. The van der Waals surface area contributed by atoms with Gasteiger partial charge in [-0.25, -0.2) is 4.68 Å². The molecule has 2 amide bonds. The molecule has 2 N–H and O–H groups in total. The van der Waals surface area contributed by atoms with Crippen LogP contribution in [0.1, 0.15) is 47.3 Å². The maximum Gasteiger partial charge on any atom is 0.259 e. The number of nitrogens with zero attached hydrogens (tertiary/aromatic N) is 2. The SMILES string of the molecule is CCNC(=O)COc1cccc(NC(=O)c2cnn(-c3ccc(C)c(Cl)c3)c2C2CC2)c1. The Kier molecular flexibility index (Phi) is 6.46. The zero-order valence-electron chi connectivity index (χ0n) is 18.0. The molecule has 0 unspecified atom stereocenters.